The van der Waals surface area contributed by atoms with Gasteiger partial charge < -0.3 is 9.63 Å². The summed E-state index contributed by atoms with van der Waals surface area (Å²) in [5.74, 6) is 0.575. The monoisotopic (exact) mass is 200 g/mol. The summed E-state index contributed by atoms with van der Waals surface area (Å²) in [6.45, 7) is 3.14. The molecule has 0 aliphatic carbocycles. The van der Waals surface area contributed by atoms with Gasteiger partial charge in [-0.15, -0.1) is 0 Å². The molecule has 72 valence electrons. The van der Waals surface area contributed by atoms with E-state index in [0.29, 0.717) is 5.75 Å². The standard InChI is InChI=1S/C9H13O3P/c1-13(2,11)12-9-5-3-8(7-10)4-6-9/h3-6,10H,7H2,1-2H3. The Kier molecular flexibility index (Phi) is 3.12. The van der Waals surface area contributed by atoms with Gasteiger partial charge in [-0.1, -0.05) is 12.1 Å². The fourth-order valence-electron chi connectivity index (χ4n) is 0.910. The van der Waals surface area contributed by atoms with Crippen molar-refractivity contribution in [1.29, 1.82) is 0 Å². The molecule has 0 saturated heterocycles. The van der Waals surface area contributed by atoms with Crippen LogP contribution in [0, 0.1) is 0 Å². The van der Waals surface area contributed by atoms with Crippen LogP contribution in [0.3, 0.4) is 0 Å². The van der Waals surface area contributed by atoms with Crippen LogP contribution in [-0.2, 0) is 11.2 Å². The first-order chi connectivity index (χ1) is 6.01. The third-order valence-corrected chi connectivity index (χ3v) is 2.08. The molecule has 13 heavy (non-hydrogen) atoms. The topological polar surface area (TPSA) is 46.5 Å². The highest BCUT2D eigenvalue weighted by Crippen LogP contribution is 2.38. The van der Waals surface area contributed by atoms with E-state index in [2.05, 4.69) is 0 Å². The Labute approximate surface area is 77.8 Å². The zero-order chi connectivity index (χ0) is 9.90. The van der Waals surface area contributed by atoms with Crippen molar-refractivity contribution in [3.8, 4) is 5.75 Å². The van der Waals surface area contributed by atoms with Crippen LogP contribution >= 0.6 is 7.37 Å². The Bertz CT molecular complexity index is 312. The lowest BCUT2D eigenvalue weighted by Crippen LogP contribution is -1.89. The van der Waals surface area contributed by atoms with E-state index in [4.69, 9.17) is 9.63 Å². The normalized spacial score (nSPS) is 11.3. The maximum atomic E-state index is 11.3. The SMILES string of the molecule is CP(C)(=O)Oc1ccc(CO)cc1. The predicted octanol–water partition coefficient (Wildman–Crippen LogP) is 2.10. The molecule has 1 aromatic carbocycles. The Balaban J connectivity index is 2.76. The van der Waals surface area contributed by atoms with Gasteiger partial charge in [-0.2, -0.15) is 0 Å². The highest BCUT2D eigenvalue weighted by molar-refractivity contribution is 7.57. The lowest BCUT2D eigenvalue weighted by Gasteiger charge is -2.09. The van der Waals surface area contributed by atoms with Crippen LogP contribution in [0.15, 0.2) is 24.3 Å². The summed E-state index contributed by atoms with van der Waals surface area (Å²) in [7, 11) is -2.47. The number of rotatable bonds is 3. The number of aliphatic hydroxyl groups is 1. The molecule has 0 aliphatic rings. The van der Waals surface area contributed by atoms with Crippen molar-refractivity contribution >= 4 is 7.37 Å². The van der Waals surface area contributed by atoms with Gasteiger partial charge in [-0.25, -0.2) is 0 Å². The average molecular weight is 200 g/mol. The maximum absolute atomic E-state index is 11.3. The van der Waals surface area contributed by atoms with Crippen molar-refractivity contribution in [2.45, 2.75) is 6.61 Å². The minimum absolute atomic E-state index is 0.0101. The first kappa shape index (κ1) is 10.3. The molecule has 0 heterocycles. The van der Waals surface area contributed by atoms with Gasteiger partial charge in [0.15, 0.2) is 0 Å². The van der Waals surface area contributed by atoms with E-state index < -0.39 is 7.37 Å². The van der Waals surface area contributed by atoms with Gasteiger partial charge in [-0.3, -0.25) is 4.57 Å². The highest BCUT2D eigenvalue weighted by Gasteiger charge is 2.07. The van der Waals surface area contributed by atoms with Gasteiger partial charge in [0.2, 0.25) is 7.37 Å². The summed E-state index contributed by atoms with van der Waals surface area (Å²) in [6.07, 6.45) is 0. The van der Waals surface area contributed by atoms with E-state index >= 15 is 0 Å². The summed E-state index contributed by atoms with van der Waals surface area (Å²) < 4.78 is 16.4. The zero-order valence-electron chi connectivity index (χ0n) is 7.73. The molecule has 1 aromatic rings. The van der Waals surface area contributed by atoms with Crippen molar-refractivity contribution < 1.29 is 14.2 Å². The molecular formula is C9H13O3P. The first-order valence-corrected chi connectivity index (χ1v) is 6.47. The molecule has 0 fully saturated rings. The molecule has 0 radical (unpaired) electrons. The summed E-state index contributed by atoms with van der Waals surface area (Å²) in [5.41, 5.74) is 0.814. The second-order valence-corrected chi connectivity index (χ2v) is 5.83. The van der Waals surface area contributed by atoms with E-state index in [1.165, 1.54) is 0 Å². The van der Waals surface area contributed by atoms with Gasteiger partial charge >= 0.3 is 0 Å². The van der Waals surface area contributed by atoms with Crippen LogP contribution in [0.4, 0.5) is 0 Å². The molecule has 1 N–H and O–H groups in total. The number of aliphatic hydroxyl groups excluding tert-OH is 1. The third-order valence-electron chi connectivity index (χ3n) is 1.43. The minimum Gasteiger partial charge on any atom is -0.443 e. The van der Waals surface area contributed by atoms with Crippen LogP contribution in [0.2, 0.25) is 0 Å². The van der Waals surface area contributed by atoms with Gasteiger partial charge in [0.05, 0.1) is 6.61 Å². The Morgan fingerprint density at radius 3 is 2.23 bits per heavy atom. The van der Waals surface area contributed by atoms with Gasteiger partial charge in [0.25, 0.3) is 0 Å². The second kappa shape index (κ2) is 3.95. The first-order valence-electron chi connectivity index (χ1n) is 3.95. The van der Waals surface area contributed by atoms with Crippen molar-refractivity contribution in [1.82, 2.24) is 0 Å². The highest BCUT2D eigenvalue weighted by atomic mass is 31.2. The van der Waals surface area contributed by atoms with Crippen LogP contribution in [-0.4, -0.2) is 18.4 Å². The smallest absolute Gasteiger partial charge is 0.242 e. The van der Waals surface area contributed by atoms with Crippen molar-refractivity contribution in [2.24, 2.45) is 0 Å². The van der Waals surface area contributed by atoms with Crippen LogP contribution in [0.1, 0.15) is 5.56 Å². The molecule has 0 unspecified atom stereocenters. The van der Waals surface area contributed by atoms with Gasteiger partial charge in [0, 0.05) is 13.3 Å². The van der Waals surface area contributed by atoms with Crippen molar-refractivity contribution in [2.75, 3.05) is 13.3 Å². The maximum Gasteiger partial charge on any atom is 0.242 e. The van der Waals surface area contributed by atoms with Crippen LogP contribution in [0.5, 0.6) is 5.75 Å². The molecule has 0 bridgehead atoms. The van der Waals surface area contributed by atoms with E-state index in [-0.39, 0.29) is 6.61 Å². The molecule has 1 rings (SSSR count). The van der Waals surface area contributed by atoms with E-state index in [0.717, 1.165) is 5.56 Å². The fraction of sp³-hybridized carbons (Fsp3) is 0.333. The summed E-state index contributed by atoms with van der Waals surface area (Å²) >= 11 is 0. The molecule has 0 saturated carbocycles. The summed E-state index contributed by atoms with van der Waals surface area (Å²) in [6, 6.07) is 6.88. The van der Waals surface area contributed by atoms with Crippen LogP contribution in [0.25, 0.3) is 0 Å². The predicted molar refractivity (Wildman–Crippen MR) is 52.4 cm³/mol. The number of benzene rings is 1. The lowest BCUT2D eigenvalue weighted by atomic mass is 10.2. The Hall–Kier alpha value is -0.790. The molecule has 3 nitrogen and oxygen atoms in total. The average Bonchev–Trinajstić information content (AvgIpc) is 2.03. The minimum atomic E-state index is -2.47. The Morgan fingerprint density at radius 1 is 1.31 bits per heavy atom. The van der Waals surface area contributed by atoms with Gasteiger partial charge in [-0.05, 0) is 17.7 Å². The molecule has 0 aromatic heterocycles. The lowest BCUT2D eigenvalue weighted by molar-refractivity contribution is 0.282. The van der Waals surface area contributed by atoms with E-state index in [9.17, 15) is 4.57 Å². The molecule has 0 aliphatic heterocycles. The molecule has 4 heteroatoms. The largest absolute Gasteiger partial charge is 0.443 e. The van der Waals surface area contributed by atoms with Gasteiger partial charge in [0.1, 0.15) is 5.75 Å². The van der Waals surface area contributed by atoms with Crippen LogP contribution < -0.4 is 4.52 Å². The zero-order valence-corrected chi connectivity index (χ0v) is 8.62. The third kappa shape index (κ3) is 3.62. The molecule has 0 amide bonds. The molecular weight excluding hydrogens is 187 g/mol. The molecule has 0 atom stereocenters. The summed E-state index contributed by atoms with van der Waals surface area (Å²) in [5, 5.41) is 8.77. The second-order valence-electron chi connectivity index (χ2n) is 3.15. The fourth-order valence-corrected chi connectivity index (χ4v) is 1.54. The van der Waals surface area contributed by atoms with Crippen molar-refractivity contribution in [3.05, 3.63) is 29.8 Å². The van der Waals surface area contributed by atoms with Crippen molar-refractivity contribution in [3.63, 3.8) is 0 Å². The Morgan fingerprint density at radius 2 is 1.85 bits per heavy atom. The van der Waals surface area contributed by atoms with E-state index in [1.54, 1.807) is 37.6 Å². The molecule has 0 spiro atoms. The number of hydrogen-bond donors (Lipinski definition) is 1. The number of hydrogen-bond acceptors (Lipinski definition) is 3. The van der Waals surface area contributed by atoms with E-state index in [1.807, 2.05) is 0 Å². The quantitative estimate of drug-likeness (QED) is 0.760. The summed E-state index contributed by atoms with van der Waals surface area (Å²) in [4.78, 5) is 0.